The molecule has 9 heteroatoms. The van der Waals surface area contributed by atoms with Crippen LogP contribution in [0.4, 0.5) is 0 Å². The van der Waals surface area contributed by atoms with Crippen molar-refractivity contribution >= 4 is 0 Å². The molecule has 0 aromatic heterocycles. The van der Waals surface area contributed by atoms with Gasteiger partial charge in [0.05, 0.1) is 39.2 Å². The van der Waals surface area contributed by atoms with Gasteiger partial charge >= 0.3 is 0 Å². The van der Waals surface area contributed by atoms with Gasteiger partial charge in [0.1, 0.15) is 12.7 Å². The van der Waals surface area contributed by atoms with E-state index in [1.165, 1.54) is 7.11 Å². The Bertz CT molecular complexity index is 1130. The van der Waals surface area contributed by atoms with Crippen LogP contribution in [0.15, 0.2) is 36.4 Å². The van der Waals surface area contributed by atoms with Gasteiger partial charge < -0.3 is 23.7 Å². The minimum Gasteiger partial charge on any atom is -0.493 e. The first-order valence-electron chi connectivity index (χ1n) is 13.1. The second kappa shape index (κ2) is 13.2. The van der Waals surface area contributed by atoms with Crippen molar-refractivity contribution in [2.24, 2.45) is 5.92 Å². The van der Waals surface area contributed by atoms with E-state index in [4.69, 9.17) is 23.7 Å². The number of ether oxygens (including phenoxy) is 5. The van der Waals surface area contributed by atoms with Gasteiger partial charge in [-0.15, -0.1) is 0 Å². The van der Waals surface area contributed by atoms with Crippen LogP contribution >= 0.6 is 0 Å². The minimum absolute atomic E-state index is 0.0140. The number of nitriles is 1. The lowest BCUT2D eigenvalue weighted by molar-refractivity contribution is -0.526. The Hall–Kier alpha value is -3.67. The predicted octanol–water partition coefficient (Wildman–Crippen LogP) is 5.96. The first-order chi connectivity index (χ1) is 18.4. The first-order valence-corrected chi connectivity index (χ1v) is 13.1. The lowest BCUT2D eigenvalue weighted by Crippen LogP contribution is -2.36. The SMILES string of the molecule is CCC(CC)C(C#N)(CCCC(CC1COc2ccccc2O1)[N+](=O)[O-])c1ccc(OC)c(OC)c1OC. The molecule has 1 heterocycles. The van der Waals surface area contributed by atoms with Gasteiger partial charge in [0.2, 0.25) is 11.8 Å². The van der Waals surface area contributed by atoms with E-state index in [9.17, 15) is 15.4 Å². The fourth-order valence-corrected chi connectivity index (χ4v) is 5.61. The summed E-state index contributed by atoms with van der Waals surface area (Å²) in [5, 5.41) is 22.7. The lowest BCUT2D eigenvalue weighted by atomic mass is 9.65. The van der Waals surface area contributed by atoms with Gasteiger partial charge in [-0.1, -0.05) is 38.8 Å². The number of rotatable bonds is 14. The molecule has 2 aromatic rings. The summed E-state index contributed by atoms with van der Waals surface area (Å²) in [6.07, 6.45) is 2.60. The molecule has 0 saturated heterocycles. The molecule has 2 aromatic carbocycles. The average Bonchev–Trinajstić information content (AvgIpc) is 2.95. The molecule has 3 rings (SSSR count). The quantitative estimate of drug-likeness (QED) is 0.219. The van der Waals surface area contributed by atoms with Gasteiger partial charge in [0.15, 0.2) is 23.0 Å². The van der Waals surface area contributed by atoms with E-state index in [1.54, 1.807) is 26.4 Å². The van der Waals surface area contributed by atoms with Crippen LogP contribution < -0.4 is 23.7 Å². The van der Waals surface area contributed by atoms with E-state index in [1.807, 2.05) is 24.3 Å². The van der Waals surface area contributed by atoms with Crippen molar-refractivity contribution < 1.29 is 28.6 Å². The third-order valence-electron chi connectivity index (χ3n) is 7.58. The molecule has 0 amide bonds. The highest BCUT2D eigenvalue weighted by atomic mass is 16.6. The zero-order valence-electron chi connectivity index (χ0n) is 22.9. The molecule has 38 heavy (non-hydrogen) atoms. The molecule has 0 aliphatic carbocycles. The molecule has 206 valence electrons. The Labute approximate surface area is 224 Å². The van der Waals surface area contributed by atoms with Crippen LogP contribution in [0.3, 0.4) is 0 Å². The van der Waals surface area contributed by atoms with Crippen LogP contribution in [-0.2, 0) is 5.41 Å². The van der Waals surface area contributed by atoms with Crippen molar-refractivity contribution in [1.82, 2.24) is 0 Å². The van der Waals surface area contributed by atoms with Crippen LogP contribution in [-0.4, -0.2) is 45.0 Å². The molecular weight excluding hydrogens is 488 g/mol. The maximum atomic E-state index is 12.0. The van der Waals surface area contributed by atoms with Crippen molar-refractivity contribution in [3.63, 3.8) is 0 Å². The number of nitro groups is 1. The second-order valence-electron chi connectivity index (χ2n) is 9.54. The van der Waals surface area contributed by atoms with E-state index in [2.05, 4.69) is 19.9 Å². The van der Waals surface area contributed by atoms with Crippen molar-refractivity contribution in [3.8, 4) is 34.8 Å². The third-order valence-corrected chi connectivity index (χ3v) is 7.58. The Morgan fingerprint density at radius 2 is 1.76 bits per heavy atom. The molecular formula is C29H38N2O7. The molecule has 0 bridgehead atoms. The summed E-state index contributed by atoms with van der Waals surface area (Å²) in [7, 11) is 4.63. The molecule has 9 nitrogen and oxygen atoms in total. The van der Waals surface area contributed by atoms with Crippen molar-refractivity contribution in [1.29, 1.82) is 5.26 Å². The Balaban J connectivity index is 1.84. The van der Waals surface area contributed by atoms with Gasteiger partial charge in [-0.25, -0.2) is 0 Å². The van der Waals surface area contributed by atoms with Crippen LogP contribution in [0.1, 0.15) is 57.9 Å². The Morgan fingerprint density at radius 3 is 2.34 bits per heavy atom. The number of hydrogen-bond donors (Lipinski definition) is 0. The van der Waals surface area contributed by atoms with Crippen LogP contribution in [0, 0.1) is 27.4 Å². The van der Waals surface area contributed by atoms with Gasteiger partial charge in [-0.05, 0) is 43.0 Å². The van der Waals surface area contributed by atoms with Crippen LogP contribution in [0.25, 0.3) is 0 Å². The van der Waals surface area contributed by atoms with E-state index in [-0.39, 0.29) is 23.9 Å². The summed E-state index contributed by atoms with van der Waals surface area (Å²) < 4.78 is 28.5. The first kappa shape index (κ1) is 28.9. The molecule has 1 aliphatic heterocycles. The van der Waals surface area contributed by atoms with Gasteiger partial charge in [-0.3, -0.25) is 10.1 Å². The van der Waals surface area contributed by atoms with E-state index in [0.717, 1.165) is 12.8 Å². The summed E-state index contributed by atoms with van der Waals surface area (Å²) >= 11 is 0. The third kappa shape index (κ3) is 5.90. The Kier molecular flexibility index (Phi) is 10.1. The monoisotopic (exact) mass is 526 g/mol. The zero-order chi connectivity index (χ0) is 27.7. The zero-order valence-corrected chi connectivity index (χ0v) is 22.9. The smallest absolute Gasteiger partial charge is 0.216 e. The fourth-order valence-electron chi connectivity index (χ4n) is 5.61. The topological polar surface area (TPSA) is 113 Å². The molecule has 0 fully saturated rings. The molecule has 3 unspecified atom stereocenters. The summed E-state index contributed by atoms with van der Waals surface area (Å²) in [5.41, 5.74) is -0.203. The summed E-state index contributed by atoms with van der Waals surface area (Å²) in [6, 6.07) is 12.7. The van der Waals surface area contributed by atoms with Crippen LogP contribution in [0.5, 0.6) is 28.7 Å². The van der Waals surface area contributed by atoms with Gasteiger partial charge in [-0.2, -0.15) is 5.26 Å². The minimum atomic E-state index is -0.918. The average molecular weight is 527 g/mol. The maximum absolute atomic E-state index is 12.0. The van der Waals surface area contributed by atoms with E-state index < -0.39 is 17.6 Å². The number of nitrogens with zero attached hydrogens (tertiary/aromatic N) is 2. The highest BCUT2D eigenvalue weighted by Crippen LogP contribution is 2.50. The number of methoxy groups -OCH3 is 3. The van der Waals surface area contributed by atoms with Crippen molar-refractivity contribution in [3.05, 3.63) is 52.1 Å². The van der Waals surface area contributed by atoms with Gasteiger partial charge in [0.25, 0.3) is 0 Å². The molecule has 0 N–H and O–H groups in total. The van der Waals surface area contributed by atoms with Crippen molar-refractivity contribution in [2.45, 2.75) is 69.9 Å². The fraction of sp³-hybridized carbons (Fsp3) is 0.552. The summed E-state index contributed by atoms with van der Waals surface area (Å²) in [5.74, 6) is 2.65. The summed E-state index contributed by atoms with van der Waals surface area (Å²) in [6.45, 7) is 4.39. The predicted molar refractivity (Wildman–Crippen MR) is 143 cm³/mol. The maximum Gasteiger partial charge on any atom is 0.216 e. The molecule has 1 aliphatic rings. The number of hydrogen-bond acceptors (Lipinski definition) is 8. The molecule has 3 atom stereocenters. The second-order valence-corrected chi connectivity index (χ2v) is 9.54. The van der Waals surface area contributed by atoms with E-state index in [0.29, 0.717) is 53.6 Å². The highest BCUT2D eigenvalue weighted by Gasteiger charge is 2.43. The number of para-hydroxylation sites is 2. The molecule has 0 saturated carbocycles. The van der Waals surface area contributed by atoms with Crippen LogP contribution in [0.2, 0.25) is 0 Å². The van der Waals surface area contributed by atoms with E-state index >= 15 is 0 Å². The highest BCUT2D eigenvalue weighted by molar-refractivity contribution is 5.59. The number of fused-ring (bicyclic) bond motifs is 1. The largest absolute Gasteiger partial charge is 0.493 e. The Morgan fingerprint density at radius 1 is 1.08 bits per heavy atom. The number of benzene rings is 2. The lowest BCUT2D eigenvalue weighted by Gasteiger charge is -2.36. The summed E-state index contributed by atoms with van der Waals surface area (Å²) in [4.78, 5) is 11.8. The van der Waals surface area contributed by atoms with Crippen molar-refractivity contribution in [2.75, 3.05) is 27.9 Å². The molecule has 0 radical (unpaired) electrons. The standard InChI is InChI=1S/C29H38N2O7/c1-6-20(7-2)29(19-30,23-14-15-26(34-3)28(36-5)27(23)35-4)16-10-11-21(31(32)33)17-22-18-37-24-12-8-9-13-25(24)38-22/h8-9,12-15,20-22H,6-7,10-11,16-18H2,1-5H3. The normalized spacial score (nSPS) is 16.7. The van der Waals surface area contributed by atoms with Gasteiger partial charge in [0, 0.05) is 16.9 Å². The molecule has 0 spiro atoms.